The first-order chi connectivity index (χ1) is 10.2. The first kappa shape index (κ1) is 15.0. The fourth-order valence-electron chi connectivity index (χ4n) is 1.95. The van der Waals surface area contributed by atoms with Crippen LogP contribution in [0, 0.1) is 0 Å². The normalized spacial score (nSPS) is 10.2. The molecule has 5 heteroatoms. The predicted octanol–water partition coefficient (Wildman–Crippen LogP) is 3.31. The van der Waals surface area contributed by atoms with Gasteiger partial charge in [-0.15, -0.1) is 0 Å². The van der Waals surface area contributed by atoms with E-state index in [4.69, 9.17) is 0 Å². The van der Waals surface area contributed by atoms with Gasteiger partial charge in [0.05, 0.1) is 18.1 Å². The molecule has 2 aromatic rings. The highest BCUT2D eigenvalue weighted by atomic mass is 16.1. The molecule has 5 nitrogen and oxygen atoms in total. The van der Waals surface area contributed by atoms with Crippen molar-refractivity contribution in [1.82, 2.24) is 9.97 Å². The zero-order chi connectivity index (χ0) is 15.1. The van der Waals surface area contributed by atoms with Crippen LogP contribution in [0.5, 0.6) is 0 Å². The molecule has 0 aliphatic heterocycles. The van der Waals surface area contributed by atoms with Gasteiger partial charge in [-0.1, -0.05) is 19.1 Å². The highest BCUT2D eigenvalue weighted by Gasteiger charge is 2.04. The van der Waals surface area contributed by atoms with Crippen LogP contribution < -0.4 is 10.6 Å². The maximum Gasteiger partial charge on any atom is 0.224 e. The lowest BCUT2D eigenvalue weighted by molar-refractivity contribution is -0.116. The van der Waals surface area contributed by atoms with Gasteiger partial charge in [0, 0.05) is 24.2 Å². The lowest BCUT2D eigenvalue weighted by atomic mass is 10.1. The third-order valence-corrected chi connectivity index (χ3v) is 2.93. The summed E-state index contributed by atoms with van der Waals surface area (Å²) in [7, 11) is 0. The molecule has 0 spiro atoms. The molecule has 0 fully saturated rings. The maximum atomic E-state index is 11.5. The zero-order valence-corrected chi connectivity index (χ0v) is 12.4. The summed E-state index contributed by atoms with van der Waals surface area (Å²) in [5, 5.41) is 6.00. The first-order valence-corrected chi connectivity index (χ1v) is 7.19. The monoisotopic (exact) mass is 284 g/mol. The van der Waals surface area contributed by atoms with Gasteiger partial charge in [0.15, 0.2) is 0 Å². The van der Waals surface area contributed by atoms with Gasteiger partial charge in [-0.25, -0.2) is 4.98 Å². The van der Waals surface area contributed by atoms with Crippen molar-refractivity contribution in [2.75, 3.05) is 17.2 Å². The summed E-state index contributed by atoms with van der Waals surface area (Å²) in [4.78, 5) is 20.2. The molecule has 0 radical (unpaired) electrons. The van der Waals surface area contributed by atoms with Gasteiger partial charge >= 0.3 is 0 Å². The quantitative estimate of drug-likeness (QED) is 0.854. The van der Waals surface area contributed by atoms with Gasteiger partial charge in [-0.2, -0.15) is 0 Å². The lowest BCUT2D eigenvalue weighted by Gasteiger charge is -2.07. The fourth-order valence-corrected chi connectivity index (χ4v) is 1.95. The van der Waals surface area contributed by atoms with E-state index in [9.17, 15) is 4.79 Å². The number of anilines is 2. The van der Waals surface area contributed by atoms with Crippen molar-refractivity contribution in [2.45, 2.75) is 26.7 Å². The van der Waals surface area contributed by atoms with Gasteiger partial charge in [0.25, 0.3) is 0 Å². The minimum atomic E-state index is 0.0409. The molecule has 0 saturated heterocycles. The Bertz CT molecular complexity index is 595. The van der Waals surface area contributed by atoms with E-state index >= 15 is 0 Å². The van der Waals surface area contributed by atoms with Crippen LogP contribution in [-0.4, -0.2) is 22.4 Å². The molecular weight excluding hydrogens is 264 g/mol. The van der Waals surface area contributed by atoms with Gasteiger partial charge in [0.2, 0.25) is 5.91 Å². The minimum absolute atomic E-state index is 0.0409. The number of nitrogens with zero attached hydrogens (tertiary/aromatic N) is 2. The molecule has 0 atom stereocenters. The van der Waals surface area contributed by atoms with E-state index in [2.05, 4.69) is 20.6 Å². The third kappa shape index (κ3) is 4.27. The Morgan fingerprint density at radius 3 is 2.57 bits per heavy atom. The van der Waals surface area contributed by atoms with E-state index in [1.54, 1.807) is 12.4 Å². The number of nitrogens with one attached hydrogen (secondary N) is 2. The minimum Gasteiger partial charge on any atom is -0.369 e. The maximum absolute atomic E-state index is 11.5. The summed E-state index contributed by atoms with van der Waals surface area (Å²) in [5.74, 6) is 0.800. The molecule has 1 heterocycles. The van der Waals surface area contributed by atoms with Gasteiger partial charge < -0.3 is 10.6 Å². The Morgan fingerprint density at radius 1 is 1.14 bits per heavy atom. The molecule has 2 N–H and O–H groups in total. The van der Waals surface area contributed by atoms with Crippen LogP contribution in [0.3, 0.4) is 0 Å². The van der Waals surface area contributed by atoms with Crippen molar-refractivity contribution >= 4 is 17.4 Å². The van der Waals surface area contributed by atoms with Crippen molar-refractivity contribution in [3.8, 4) is 11.3 Å². The molecule has 0 aliphatic rings. The summed E-state index contributed by atoms with van der Waals surface area (Å²) in [5.41, 5.74) is 2.57. The number of amides is 1. The molecule has 110 valence electrons. The molecule has 1 aromatic heterocycles. The number of carbonyl (C=O) groups excluding carboxylic acids is 1. The fraction of sp³-hybridized carbons (Fsp3) is 0.312. The number of benzene rings is 1. The van der Waals surface area contributed by atoms with Crippen molar-refractivity contribution in [3.05, 3.63) is 36.7 Å². The Hall–Kier alpha value is -2.43. The van der Waals surface area contributed by atoms with Gasteiger partial charge in [-0.3, -0.25) is 9.78 Å². The summed E-state index contributed by atoms with van der Waals surface area (Å²) in [6.07, 6.45) is 4.81. The average molecular weight is 284 g/mol. The van der Waals surface area contributed by atoms with Crippen LogP contribution in [-0.2, 0) is 4.79 Å². The topological polar surface area (TPSA) is 66.9 Å². The predicted molar refractivity (Wildman–Crippen MR) is 85.2 cm³/mol. The summed E-state index contributed by atoms with van der Waals surface area (Å²) in [6, 6.07) is 7.62. The number of hydrogen-bond acceptors (Lipinski definition) is 4. The Balaban J connectivity index is 2.11. The molecule has 2 rings (SSSR count). The Morgan fingerprint density at radius 2 is 1.90 bits per heavy atom. The van der Waals surface area contributed by atoms with Crippen LogP contribution in [0.15, 0.2) is 36.7 Å². The van der Waals surface area contributed by atoms with Crippen molar-refractivity contribution < 1.29 is 4.79 Å². The number of rotatable bonds is 6. The van der Waals surface area contributed by atoms with Crippen molar-refractivity contribution in [2.24, 2.45) is 0 Å². The van der Waals surface area contributed by atoms with E-state index in [-0.39, 0.29) is 5.91 Å². The number of hydrogen-bond donors (Lipinski definition) is 2. The SMILES string of the molecule is CCCC(=O)Nc1ccc(-c2cncc(NCC)n2)cc1. The van der Waals surface area contributed by atoms with Crippen molar-refractivity contribution in [3.63, 3.8) is 0 Å². The van der Waals surface area contributed by atoms with Gasteiger partial charge in [0.1, 0.15) is 5.82 Å². The number of carbonyl (C=O) groups is 1. The standard InChI is InChI=1S/C16H20N4O/c1-3-5-16(21)19-13-8-6-12(7-9-13)14-10-17-11-15(20-14)18-4-2/h6-11H,3-5H2,1-2H3,(H,18,20)(H,19,21). The van der Waals surface area contributed by atoms with E-state index in [1.165, 1.54) is 0 Å². The second kappa shape index (κ2) is 7.38. The molecule has 1 aromatic carbocycles. The second-order valence-corrected chi connectivity index (χ2v) is 4.70. The highest BCUT2D eigenvalue weighted by Crippen LogP contribution is 2.20. The van der Waals surface area contributed by atoms with Crippen LogP contribution >= 0.6 is 0 Å². The van der Waals surface area contributed by atoms with Crippen molar-refractivity contribution in [1.29, 1.82) is 0 Å². The zero-order valence-electron chi connectivity index (χ0n) is 12.4. The van der Waals surface area contributed by atoms with Crippen LogP contribution in [0.25, 0.3) is 11.3 Å². The lowest BCUT2D eigenvalue weighted by Crippen LogP contribution is -2.10. The van der Waals surface area contributed by atoms with Crippen LogP contribution in [0.2, 0.25) is 0 Å². The van der Waals surface area contributed by atoms with E-state index < -0.39 is 0 Å². The van der Waals surface area contributed by atoms with E-state index in [1.807, 2.05) is 38.1 Å². The molecule has 0 aliphatic carbocycles. The summed E-state index contributed by atoms with van der Waals surface area (Å²) in [6.45, 7) is 4.81. The molecule has 21 heavy (non-hydrogen) atoms. The highest BCUT2D eigenvalue weighted by molar-refractivity contribution is 5.90. The molecule has 0 unspecified atom stereocenters. The smallest absolute Gasteiger partial charge is 0.224 e. The first-order valence-electron chi connectivity index (χ1n) is 7.19. The van der Waals surface area contributed by atoms with Gasteiger partial charge in [-0.05, 0) is 25.5 Å². The molecule has 1 amide bonds. The van der Waals surface area contributed by atoms with Crippen LogP contribution in [0.1, 0.15) is 26.7 Å². The number of aromatic nitrogens is 2. The van der Waals surface area contributed by atoms with Crippen LogP contribution in [0.4, 0.5) is 11.5 Å². The van der Waals surface area contributed by atoms with E-state index in [0.717, 1.165) is 35.7 Å². The molecular formula is C16H20N4O. The Kier molecular flexibility index (Phi) is 5.26. The van der Waals surface area contributed by atoms with E-state index in [0.29, 0.717) is 6.42 Å². The second-order valence-electron chi connectivity index (χ2n) is 4.70. The molecule has 0 saturated carbocycles. The largest absolute Gasteiger partial charge is 0.369 e. The molecule has 0 bridgehead atoms. The average Bonchev–Trinajstić information content (AvgIpc) is 2.49. The Labute approximate surface area is 124 Å². The summed E-state index contributed by atoms with van der Waals surface area (Å²) >= 11 is 0. The third-order valence-electron chi connectivity index (χ3n) is 2.93. The summed E-state index contributed by atoms with van der Waals surface area (Å²) < 4.78 is 0.